The Morgan fingerprint density at radius 1 is 1.26 bits per heavy atom. The van der Waals surface area contributed by atoms with Crippen molar-refractivity contribution in [3.8, 4) is 0 Å². The quantitative estimate of drug-likeness (QED) is 0.495. The van der Waals surface area contributed by atoms with E-state index in [-0.39, 0.29) is 19.1 Å². The topological polar surface area (TPSA) is 85.3 Å². The molecule has 0 radical (unpaired) electrons. The number of aliphatic hydroxyl groups excluding tert-OH is 1. The lowest BCUT2D eigenvalue weighted by molar-refractivity contribution is -0.154. The molecule has 1 heterocycles. The maximum atomic E-state index is 13.2. The minimum Gasteiger partial charge on any atom is -0.464 e. The highest BCUT2D eigenvalue weighted by molar-refractivity contribution is 5.83. The summed E-state index contributed by atoms with van der Waals surface area (Å²) < 4.78 is 16.3. The Bertz CT molecular complexity index is 790. The molecule has 1 aliphatic rings. The van der Waals surface area contributed by atoms with E-state index in [9.17, 15) is 14.7 Å². The average Bonchev–Trinajstić information content (AvgIpc) is 3.05. The number of likely N-dealkylation sites (tertiary alicyclic amines) is 1. The van der Waals surface area contributed by atoms with Crippen molar-refractivity contribution in [2.24, 2.45) is 5.92 Å². The molecule has 172 valence electrons. The molecule has 1 aromatic rings. The molecule has 0 unspecified atom stereocenters. The SMILES string of the molecule is C=CCOC(=O)N1[C@H](C(=O)OCC)[C@@H](C(C)(C)OC)[C@H](O)[C@@H]1c1ccccc1C(C)C. The van der Waals surface area contributed by atoms with Gasteiger partial charge in [0.05, 0.1) is 24.4 Å². The largest absolute Gasteiger partial charge is 0.464 e. The second kappa shape index (κ2) is 10.3. The fraction of sp³-hybridized carbons (Fsp3) is 0.583. The number of nitrogens with zero attached hydrogens (tertiary/aromatic N) is 1. The zero-order chi connectivity index (χ0) is 23.3. The molecular weight excluding hydrogens is 398 g/mol. The number of aliphatic hydroxyl groups is 1. The average molecular weight is 434 g/mol. The highest BCUT2D eigenvalue weighted by atomic mass is 16.6. The van der Waals surface area contributed by atoms with Crippen LogP contribution in [0.3, 0.4) is 0 Å². The lowest BCUT2D eigenvalue weighted by Crippen LogP contribution is -2.51. The molecule has 4 atom stereocenters. The molecule has 0 aliphatic carbocycles. The van der Waals surface area contributed by atoms with E-state index in [0.717, 1.165) is 11.1 Å². The molecule has 1 aliphatic heterocycles. The van der Waals surface area contributed by atoms with Crippen LogP contribution in [-0.2, 0) is 19.0 Å². The summed E-state index contributed by atoms with van der Waals surface area (Å²) in [5.74, 6) is -1.19. The van der Waals surface area contributed by atoms with E-state index >= 15 is 0 Å². The molecule has 1 aromatic carbocycles. The van der Waals surface area contributed by atoms with Crippen LogP contribution in [-0.4, -0.2) is 60.1 Å². The number of esters is 1. The fourth-order valence-corrected chi connectivity index (χ4v) is 4.38. The lowest BCUT2D eigenvalue weighted by atomic mass is 9.80. The Kier molecular flexibility index (Phi) is 8.26. The van der Waals surface area contributed by atoms with Gasteiger partial charge in [0.15, 0.2) is 0 Å². The van der Waals surface area contributed by atoms with E-state index in [0.29, 0.717) is 0 Å². The van der Waals surface area contributed by atoms with E-state index in [1.54, 1.807) is 20.8 Å². The summed E-state index contributed by atoms with van der Waals surface area (Å²) in [7, 11) is 1.52. The van der Waals surface area contributed by atoms with Crippen LogP contribution in [0.2, 0.25) is 0 Å². The van der Waals surface area contributed by atoms with Gasteiger partial charge in [-0.25, -0.2) is 9.59 Å². The normalized spacial score (nSPS) is 23.7. The monoisotopic (exact) mass is 433 g/mol. The highest BCUT2D eigenvalue weighted by Crippen LogP contribution is 2.48. The fourth-order valence-electron chi connectivity index (χ4n) is 4.38. The number of methoxy groups -OCH3 is 1. The van der Waals surface area contributed by atoms with Crippen LogP contribution >= 0.6 is 0 Å². The van der Waals surface area contributed by atoms with Gasteiger partial charge in [-0.2, -0.15) is 0 Å². The highest BCUT2D eigenvalue weighted by Gasteiger charge is 2.60. The maximum Gasteiger partial charge on any atom is 0.411 e. The van der Waals surface area contributed by atoms with Crippen molar-refractivity contribution in [2.45, 2.75) is 64.3 Å². The molecular formula is C24H35NO6. The maximum absolute atomic E-state index is 13.2. The second-order valence-corrected chi connectivity index (χ2v) is 8.52. The van der Waals surface area contributed by atoms with Crippen LogP contribution in [0.5, 0.6) is 0 Å². The summed E-state index contributed by atoms with van der Waals surface area (Å²) in [6, 6.07) is 5.74. The molecule has 1 saturated heterocycles. The van der Waals surface area contributed by atoms with Crippen LogP contribution in [0, 0.1) is 5.92 Å². The van der Waals surface area contributed by atoms with E-state index in [1.807, 2.05) is 38.1 Å². The Balaban J connectivity index is 2.72. The second-order valence-electron chi connectivity index (χ2n) is 8.52. The molecule has 0 saturated carbocycles. The first-order chi connectivity index (χ1) is 14.6. The number of ether oxygens (including phenoxy) is 3. The first-order valence-corrected chi connectivity index (χ1v) is 10.7. The minimum absolute atomic E-state index is 0.0160. The van der Waals surface area contributed by atoms with Gasteiger partial charge < -0.3 is 19.3 Å². The van der Waals surface area contributed by atoms with Crippen molar-refractivity contribution >= 4 is 12.1 Å². The predicted octanol–water partition coefficient (Wildman–Crippen LogP) is 3.82. The molecule has 1 fully saturated rings. The first-order valence-electron chi connectivity index (χ1n) is 10.7. The van der Waals surface area contributed by atoms with Crippen molar-refractivity contribution in [3.63, 3.8) is 0 Å². The standard InChI is InChI=1S/C24H35NO6/c1-8-14-31-23(28)25-19(17-13-11-10-12-16(17)15(3)4)21(26)18(24(5,6)29-7)20(25)22(27)30-9-2/h8,10-13,15,18-21,26H,1,9,14H2,2-7H3/t18-,19+,20+,21+/m1/s1. The van der Waals surface area contributed by atoms with Crippen LogP contribution in [0.25, 0.3) is 0 Å². The Hall–Kier alpha value is -2.38. The third-order valence-corrected chi connectivity index (χ3v) is 5.96. The number of rotatable bonds is 8. The van der Waals surface area contributed by atoms with Gasteiger partial charge in [-0.05, 0) is 37.8 Å². The summed E-state index contributed by atoms with van der Waals surface area (Å²) in [6.45, 7) is 13.1. The third kappa shape index (κ3) is 4.93. The van der Waals surface area contributed by atoms with Gasteiger partial charge in [-0.3, -0.25) is 4.90 Å². The number of carbonyl (C=O) groups is 2. The van der Waals surface area contributed by atoms with Gasteiger partial charge in [-0.1, -0.05) is 50.8 Å². The number of carbonyl (C=O) groups excluding carboxylic acids is 2. The lowest BCUT2D eigenvalue weighted by Gasteiger charge is -2.35. The van der Waals surface area contributed by atoms with Crippen LogP contribution in [0.15, 0.2) is 36.9 Å². The van der Waals surface area contributed by atoms with Crippen LogP contribution in [0.4, 0.5) is 4.79 Å². The molecule has 31 heavy (non-hydrogen) atoms. The molecule has 0 aromatic heterocycles. The number of amides is 1. The molecule has 7 nitrogen and oxygen atoms in total. The zero-order valence-electron chi connectivity index (χ0n) is 19.3. The minimum atomic E-state index is -1.08. The van der Waals surface area contributed by atoms with E-state index in [1.165, 1.54) is 18.1 Å². The summed E-state index contributed by atoms with van der Waals surface area (Å²) in [5.41, 5.74) is 0.825. The van der Waals surface area contributed by atoms with E-state index < -0.39 is 41.8 Å². The van der Waals surface area contributed by atoms with Gasteiger partial charge in [0.2, 0.25) is 0 Å². The Labute approximate surface area is 185 Å². The summed E-state index contributed by atoms with van der Waals surface area (Å²) in [5, 5.41) is 11.5. The number of hydrogen-bond donors (Lipinski definition) is 1. The van der Waals surface area contributed by atoms with Gasteiger partial charge in [0.1, 0.15) is 12.6 Å². The summed E-state index contributed by atoms with van der Waals surface area (Å²) >= 11 is 0. The summed E-state index contributed by atoms with van der Waals surface area (Å²) in [6.07, 6.45) is -0.340. The van der Waals surface area contributed by atoms with Gasteiger partial charge in [-0.15, -0.1) is 0 Å². The number of hydrogen-bond acceptors (Lipinski definition) is 6. The van der Waals surface area contributed by atoms with Crippen molar-refractivity contribution in [3.05, 3.63) is 48.0 Å². The van der Waals surface area contributed by atoms with Gasteiger partial charge >= 0.3 is 12.1 Å². The Morgan fingerprint density at radius 2 is 1.90 bits per heavy atom. The first kappa shape index (κ1) is 24.9. The predicted molar refractivity (Wildman–Crippen MR) is 118 cm³/mol. The van der Waals surface area contributed by atoms with Gasteiger partial charge in [0.25, 0.3) is 0 Å². The Morgan fingerprint density at radius 3 is 2.45 bits per heavy atom. The van der Waals surface area contributed by atoms with Crippen molar-refractivity contribution in [1.29, 1.82) is 0 Å². The van der Waals surface area contributed by atoms with Gasteiger partial charge in [0, 0.05) is 13.0 Å². The number of benzene rings is 1. The molecule has 1 amide bonds. The third-order valence-electron chi connectivity index (χ3n) is 5.96. The van der Waals surface area contributed by atoms with Crippen molar-refractivity contribution in [2.75, 3.05) is 20.3 Å². The van der Waals surface area contributed by atoms with Crippen LogP contribution < -0.4 is 0 Å². The van der Waals surface area contributed by atoms with Crippen molar-refractivity contribution < 1.29 is 28.9 Å². The zero-order valence-corrected chi connectivity index (χ0v) is 19.3. The molecule has 1 N–H and O–H groups in total. The van der Waals surface area contributed by atoms with E-state index in [4.69, 9.17) is 14.2 Å². The summed E-state index contributed by atoms with van der Waals surface area (Å²) in [4.78, 5) is 27.6. The van der Waals surface area contributed by atoms with Crippen LogP contribution in [0.1, 0.15) is 57.7 Å². The smallest absolute Gasteiger partial charge is 0.411 e. The molecule has 7 heteroatoms. The van der Waals surface area contributed by atoms with Crippen molar-refractivity contribution in [1.82, 2.24) is 4.90 Å². The molecule has 2 rings (SSSR count). The van der Waals surface area contributed by atoms with E-state index in [2.05, 4.69) is 6.58 Å². The molecule has 0 spiro atoms. The molecule has 0 bridgehead atoms.